The van der Waals surface area contributed by atoms with Gasteiger partial charge in [0.05, 0.1) is 23.6 Å². The molecule has 0 unspecified atom stereocenters. The first-order valence-corrected chi connectivity index (χ1v) is 16.0. The maximum Gasteiger partial charge on any atom is 0.251 e. The number of hydrogen-bond acceptors (Lipinski definition) is 6. The smallest absolute Gasteiger partial charge is 0.251 e. The fourth-order valence-corrected chi connectivity index (χ4v) is 6.68. The summed E-state index contributed by atoms with van der Waals surface area (Å²) in [5.74, 6) is -0.262. The van der Waals surface area contributed by atoms with Crippen molar-refractivity contribution in [3.8, 4) is 0 Å². The first-order chi connectivity index (χ1) is 19.7. The van der Waals surface area contributed by atoms with Gasteiger partial charge in [-0.15, -0.1) is 12.4 Å². The molecule has 1 fully saturated rings. The lowest BCUT2D eigenvalue weighted by Crippen LogP contribution is -2.49. The molecule has 1 aliphatic rings. The highest BCUT2D eigenvalue weighted by Crippen LogP contribution is 2.28. The van der Waals surface area contributed by atoms with Crippen molar-refractivity contribution in [2.24, 2.45) is 0 Å². The maximum absolute atomic E-state index is 13.6. The zero-order chi connectivity index (χ0) is 29.2. The van der Waals surface area contributed by atoms with Gasteiger partial charge in [0.2, 0.25) is 10.0 Å². The second-order valence-corrected chi connectivity index (χ2v) is 12.7. The Morgan fingerprint density at radius 1 is 1.00 bits per heavy atom. The summed E-state index contributed by atoms with van der Waals surface area (Å²) in [7, 11) is -3.44. The van der Waals surface area contributed by atoms with E-state index in [2.05, 4.69) is 47.1 Å². The van der Waals surface area contributed by atoms with Crippen molar-refractivity contribution < 1.29 is 18.3 Å². The van der Waals surface area contributed by atoms with E-state index >= 15 is 0 Å². The molecule has 1 heterocycles. The molecule has 228 valence electrons. The topological polar surface area (TPSA) is 111 Å². The molecular formula is C32H43ClN4O4S. The van der Waals surface area contributed by atoms with Crippen LogP contribution in [0.4, 0.5) is 11.4 Å². The molecule has 0 aromatic heterocycles. The normalized spacial score (nSPS) is 15.7. The van der Waals surface area contributed by atoms with Crippen LogP contribution in [0.2, 0.25) is 0 Å². The fourth-order valence-electron chi connectivity index (χ4n) is 5.05. The van der Waals surface area contributed by atoms with E-state index in [1.807, 2.05) is 37.3 Å². The third kappa shape index (κ3) is 9.46. The molecule has 1 saturated heterocycles. The summed E-state index contributed by atoms with van der Waals surface area (Å²) >= 11 is 0. The molecule has 10 heteroatoms. The van der Waals surface area contributed by atoms with Crippen molar-refractivity contribution >= 4 is 39.7 Å². The average Bonchev–Trinajstić information content (AvgIpc) is 2.96. The lowest BCUT2D eigenvalue weighted by atomic mass is 10.00. The first-order valence-electron chi connectivity index (χ1n) is 14.4. The largest absolute Gasteiger partial charge is 0.390 e. The van der Waals surface area contributed by atoms with Crippen LogP contribution in [0.1, 0.15) is 46.8 Å². The summed E-state index contributed by atoms with van der Waals surface area (Å²) < 4.78 is 27.0. The van der Waals surface area contributed by atoms with Crippen molar-refractivity contribution in [1.29, 1.82) is 0 Å². The summed E-state index contributed by atoms with van der Waals surface area (Å²) in [5.41, 5.74) is 4.94. The molecule has 0 bridgehead atoms. The van der Waals surface area contributed by atoms with Crippen LogP contribution in [0, 0.1) is 6.92 Å². The Morgan fingerprint density at radius 2 is 1.74 bits per heavy atom. The van der Waals surface area contributed by atoms with Crippen LogP contribution in [-0.2, 0) is 22.9 Å². The van der Waals surface area contributed by atoms with Crippen molar-refractivity contribution in [3.63, 3.8) is 0 Å². The number of rotatable bonds is 13. The second-order valence-electron chi connectivity index (χ2n) is 10.7. The molecule has 42 heavy (non-hydrogen) atoms. The third-order valence-corrected chi connectivity index (χ3v) is 9.21. The van der Waals surface area contributed by atoms with E-state index in [-0.39, 0.29) is 24.1 Å². The summed E-state index contributed by atoms with van der Waals surface area (Å²) in [6.45, 7) is 6.04. The number of hydrogen-bond donors (Lipinski definition) is 4. The predicted molar refractivity (Wildman–Crippen MR) is 173 cm³/mol. The molecule has 2 atom stereocenters. The summed E-state index contributed by atoms with van der Waals surface area (Å²) in [6.07, 6.45) is 1.86. The Balaban J connectivity index is 0.00000484. The van der Waals surface area contributed by atoms with E-state index in [1.165, 1.54) is 15.4 Å². The van der Waals surface area contributed by atoms with E-state index < -0.39 is 22.2 Å². The number of aliphatic hydroxyl groups excluding tert-OH is 1. The van der Waals surface area contributed by atoms with Crippen LogP contribution < -0.4 is 20.3 Å². The molecule has 3 aromatic rings. The SMILES string of the molecule is CCNc1cc(C(=O)N[C@@H](Cc2ccccc2)[C@H](O)CNCCc2ccc(C)cc2)cc(N2CCCCS2(=O)=O)c1.Cl. The number of halogens is 1. The Morgan fingerprint density at radius 3 is 2.43 bits per heavy atom. The second kappa shape index (κ2) is 15.9. The van der Waals surface area contributed by atoms with Gasteiger partial charge >= 0.3 is 0 Å². The molecule has 4 N–H and O–H groups in total. The van der Waals surface area contributed by atoms with E-state index in [4.69, 9.17) is 0 Å². The molecule has 0 radical (unpaired) electrons. The van der Waals surface area contributed by atoms with Crippen molar-refractivity contribution in [1.82, 2.24) is 10.6 Å². The lowest BCUT2D eigenvalue weighted by Gasteiger charge is -2.29. The predicted octanol–water partition coefficient (Wildman–Crippen LogP) is 4.31. The van der Waals surface area contributed by atoms with Gasteiger partial charge < -0.3 is 21.1 Å². The first kappa shape index (κ1) is 33.4. The number of nitrogens with zero attached hydrogens (tertiary/aromatic N) is 1. The molecular weight excluding hydrogens is 572 g/mol. The highest BCUT2D eigenvalue weighted by molar-refractivity contribution is 7.92. The number of amides is 1. The minimum atomic E-state index is -3.44. The Hall–Kier alpha value is -3.11. The minimum Gasteiger partial charge on any atom is -0.390 e. The number of anilines is 2. The van der Waals surface area contributed by atoms with Crippen LogP contribution in [0.25, 0.3) is 0 Å². The van der Waals surface area contributed by atoms with Gasteiger partial charge in [0, 0.05) is 30.9 Å². The number of sulfonamides is 1. The zero-order valence-corrected chi connectivity index (χ0v) is 26.0. The van der Waals surface area contributed by atoms with Gasteiger partial charge in [0.25, 0.3) is 5.91 Å². The van der Waals surface area contributed by atoms with Crippen LogP contribution in [0.5, 0.6) is 0 Å². The van der Waals surface area contributed by atoms with E-state index in [1.54, 1.807) is 18.2 Å². The molecule has 4 rings (SSSR count). The number of carbonyl (C=O) groups excluding carboxylic acids is 1. The van der Waals surface area contributed by atoms with Gasteiger partial charge in [-0.1, -0.05) is 60.2 Å². The highest BCUT2D eigenvalue weighted by Gasteiger charge is 2.28. The van der Waals surface area contributed by atoms with Crippen LogP contribution >= 0.6 is 12.4 Å². The van der Waals surface area contributed by atoms with Gasteiger partial charge in [-0.05, 0) is 75.4 Å². The highest BCUT2D eigenvalue weighted by atomic mass is 35.5. The third-order valence-electron chi connectivity index (χ3n) is 7.34. The minimum absolute atomic E-state index is 0. The monoisotopic (exact) mass is 614 g/mol. The molecule has 3 aromatic carbocycles. The number of carbonyl (C=O) groups is 1. The Bertz CT molecular complexity index is 1390. The average molecular weight is 615 g/mol. The number of nitrogens with one attached hydrogen (secondary N) is 3. The van der Waals surface area contributed by atoms with E-state index in [0.717, 1.165) is 18.4 Å². The van der Waals surface area contributed by atoms with E-state index in [9.17, 15) is 18.3 Å². The van der Waals surface area contributed by atoms with Crippen molar-refractivity contribution in [3.05, 3.63) is 95.1 Å². The molecule has 0 aliphatic carbocycles. The van der Waals surface area contributed by atoms with E-state index in [0.29, 0.717) is 56.0 Å². The van der Waals surface area contributed by atoms with Crippen LogP contribution in [0.3, 0.4) is 0 Å². The molecule has 8 nitrogen and oxygen atoms in total. The van der Waals surface area contributed by atoms with Gasteiger partial charge in [-0.2, -0.15) is 0 Å². The number of benzene rings is 3. The molecule has 1 aliphatic heterocycles. The fraction of sp³-hybridized carbons (Fsp3) is 0.406. The Labute approximate surface area is 256 Å². The zero-order valence-electron chi connectivity index (χ0n) is 24.4. The molecule has 1 amide bonds. The Kier molecular flexibility index (Phi) is 12.7. The van der Waals surface area contributed by atoms with Gasteiger partial charge in [-0.25, -0.2) is 8.42 Å². The molecule has 0 spiro atoms. The van der Waals surface area contributed by atoms with Crippen molar-refractivity contribution in [2.75, 3.05) is 41.6 Å². The van der Waals surface area contributed by atoms with Crippen LogP contribution in [0.15, 0.2) is 72.8 Å². The lowest BCUT2D eigenvalue weighted by molar-refractivity contribution is 0.0831. The summed E-state index contributed by atoms with van der Waals surface area (Å²) in [4.78, 5) is 13.6. The number of aliphatic hydroxyl groups is 1. The van der Waals surface area contributed by atoms with Crippen LogP contribution in [-0.4, -0.2) is 63.5 Å². The summed E-state index contributed by atoms with van der Waals surface area (Å²) in [5, 5.41) is 20.8. The van der Waals surface area contributed by atoms with Gasteiger partial charge in [0.15, 0.2) is 0 Å². The maximum atomic E-state index is 13.6. The molecule has 0 saturated carbocycles. The van der Waals surface area contributed by atoms with Gasteiger partial charge in [-0.3, -0.25) is 9.10 Å². The number of aryl methyl sites for hydroxylation is 1. The summed E-state index contributed by atoms with van der Waals surface area (Å²) in [6, 6.07) is 22.7. The standard InChI is InChI=1S/C32H42N4O4S.ClH/c1-3-34-28-20-27(21-29(22-28)36-17-7-8-18-41(36,39)40)32(38)35-30(19-26-9-5-4-6-10-26)31(37)23-33-16-15-25-13-11-24(2)12-14-25;/h4-6,9-14,20-22,30-31,33-34,37H,3,7-8,15-19,23H2,1-2H3,(H,35,38);1H/t30-,31+;/m0./s1. The van der Waals surface area contributed by atoms with Crippen molar-refractivity contribution in [2.45, 2.75) is 51.7 Å². The van der Waals surface area contributed by atoms with Gasteiger partial charge in [0.1, 0.15) is 0 Å². The quantitative estimate of drug-likeness (QED) is 0.214.